The molecule has 0 amide bonds. The van der Waals surface area contributed by atoms with E-state index in [-0.39, 0.29) is 11.9 Å². The predicted molar refractivity (Wildman–Crippen MR) is 111 cm³/mol. The summed E-state index contributed by atoms with van der Waals surface area (Å²) in [4.78, 5) is 0. The highest BCUT2D eigenvalue weighted by Crippen LogP contribution is 2.47. The lowest BCUT2D eigenvalue weighted by atomic mass is 9.93. The highest BCUT2D eigenvalue weighted by atomic mass is 32.2. The Bertz CT molecular complexity index is 554. The van der Waals surface area contributed by atoms with Crippen molar-refractivity contribution in [1.82, 2.24) is 0 Å². The Morgan fingerprint density at radius 1 is 1.36 bits per heavy atom. The Balaban J connectivity index is 0.00000151. The molecular formula is C19H30N2O2S2. The Morgan fingerprint density at radius 2 is 2.08 bits per heavy atom. The molecule has 0 saturated heterocycles. The fourth-order valence-corrected chi connectivity index (χ4v) is 5.51. The van der Waals surface area contributed by atoms with E-state index in [1.807, 2.05) is 17.8 Å². The number of hydrogen-bond acceptors (Lipinski definition) is 6. The first-order chi connectivity index (χ1) is 12.0. The van der Waals surface area contributed by atoms with Gasteiger partial charge in [0.2, 0.25) is 0 Å². The highest BCUT2D eigenvalue weighted by Gasteiger charge is 2.30. The lowest BCUT2D eigenvalue weighted by Crippen LogP contribution is -2.11. The van der Waals surface area contributed by atoms with Crippen LogP contribution in [0.1, 0.15) is 33.1 Å². The van der Waals surface area contributed by atoms with Crippen LogP contribution in [0.15, 0.2) is 46.3 Å². The van der Waals surface area contributed by atoms with E-state index in [0.717, 1.165) is 36.2 Å². The normalized spacial score (nSPS) is 23.5. The van der Waals surface area contributed by atoms with Gasteiger partial charge in [-0.1, -0.05) is 38.2 Å². The molecule has 0 radical (unpaired) electrons. The molecule has 140 valence electrons. The molecule has 25 heavy (non-hydrogen) atoms. The van der Waals surface area contributed by atoms with Crippen molar-refractivity contribution in [2.45, 2.75) is 38.4 Å². The van der Waals surface area contributed by atoms with Gasteiger partial charge in [-0.15, -0.1) is 30.1 Å². The van der Waals surface area contributed by atoms with E-state index in [4.69, 9.17) is 10.6 Å². The van der Waals surface area contributed by atoms with E-state index in [2.05, 4.69) is 44.6 Å². The van der Waals surface area contributed by atoms with Crippen LogP contribution >= 0.6 is 23.5 Å². The maximum atomic E-state index is 9.41. The summed E-state index contributed by atoms with van der Waals surface area (Å²) in [5, 5.41) is 24.8. The van der Waals surface area contributed by atoms with Crippen LogP contribution in [0.25, 0.3) is 0 Å². The van der Waals surface area contributed by atoms with E-state index < -0.39 is 0 Å². The van der Waals surface area contributed by atoms with E-state index >= 15 is 0 Å². The van der Waals surface area contributed by atoms with Gasteiger partial charge in [0.15, 0.2) is 0 Å². The number of aliphatic hydroxyl groups excluding tert-OH is 1. The van der Waals surface area contributed by atoms with Crippen LogP contribution < -0.4 is 5.90 Å². The van der Waals surface area contributed by atoms with Crippen LogP contribution in [0.2, 0.25) is 0 Å². The summed E-state index contributed by atoms with van der Waals surface area (Å²) in [7, 11) is 0. The van der Waals surface area contributed by atoms with Crippen molar-refractivity contribution in [3.63, 3.8) is 0 Å². The molecule has 0 aromatic rings. The molecule has 0 fully saturated rings. The molecule has 4 nitrogen and oxygen atoms in total. The predicted octanol–water partition coefficient (Wildman–Crippen LogP) is 4.52. The molecule has 2 unspecified atom stereocenters. The van der Waals surface area contributed by atoms with Gasteiger partial charge in [-0.3, -0.25) is 0 Å². The Morgan fingerprint density at radius 3 is 2.68 bits per heavy atom. The average Bonchev–Trinajstić information content (AvgIpc) is 2.97. The van der Waals surface area contributed by atoms with Crippen molar-refractivity contribution < 1.29 is 10.3 Å². The topological polar surface area (TPSA) is 90.3 Å². The fraction of sp³-hybridized carbons (Fsp3) is 0.526. The Labute approximate surface area is 159 Å². The summed E-state index contributed by atoms with van der Waals surface area (Å²) in [6, 6.07) is 0. The van der Waals surface area contributed by atoms with Gasteiger partial charge in [-0.2, -0.15) is 0 Å². The second kappa shape index (κ2) is 11.8. The zero-order chi connectivity index (χ0) is 18.8. The molecule has 0 aromatic heterocycles. The first kappa shape index (κ1) is 22.3. The molecule has 2 aliphatic heterocycles. The minimum Gasteiger partial charge on any atom is -0.395 e. The highest BCUT2D eigenvalue weighted by molar-refractivity contribution is 8.22. The van der Waals surface area contributed by atoms with Crippen molar-refractivity contribution in [2.75, 3.05) is 12.4 Å². The Hall–Kier alpha value is -0.790. The van der Waals surface area contributed by atoms with E-state index in [0.29, 0.717) is 17.5 Å². The van der Waals surface area contributed by atoms with Gasteiger partial charge >= 0.3 is 0 Å². The zero-order valence-corrected chi connectivity index (χ0v) is 16.7. The van der Waals surface area contributed by atoms with Gasteiger partial charge in [0.25, 0.3) is 0 Å². The van der Waals surface area contributed by atoms with Crippen LogP contribution in [0.3, 0.4) is 0 Å². The number of thioether (sulfide) groups is 2. The quantitative estimate of drug-likeness (QED) is 0.401. The molecule has 0 spiro atoms. The summed E-state index contributed by atoms with van der Waals surface area (Å²) in [6.45, 7) is 8.43. The summed E-state index contributed by atoms with van der Waals surface area (Å²) < 4.78 is 1.26. The second-order valence-electron chi connectivity index (χ2n) is 6.38. The van der Waals surface area contributed by atoms with E-state index in [1.54, 1.807) is 11.8 Å². The van der Waals surface area contributed by atoms with Crippen LogP contribution in [0.4, 0.5) is 0 Å². The van der Waals surface area contributed by atoms with E-state index in [9.17, 15) is 5.11 Å². The molecule has 2 rings (SSSR count). The van der Waals surface area contributed by atoms with Crippen molar-refractivity contribution in [3.05, 3.63) is 46.3 Å². The van der Waals surface area contributed by atoms with Crippen molar-refractivity contribution in [3.8, 4) is 0 Å². The minimum atomic E-state index is 0.195. The fourth-order valence-electron chi connectivity index (χ4n) is 2.76. The average molecular weight is 383 g/mol. The first-order valence-corrected chi connectivity index (χ1v) is 10.4. The van der Waals surface area contributed by atoms with Crippen molar-refractivity contribution in [2.24, 2.45) is 17.7 Å². The minimum absolute atomic E-state index is 0.195. The number of nitrogens with one attached hydrogen (secondary N) is 1. The lowest BCUT2D eigenvalue weighted by Gasteiger charge is -2.13. The van der Waals surface area contributed by atoms with Gasteiger partial charge in [0.1, 0.15) is 0 Å². The summed E-state index contributed by atoms with van der Waals surface area (Å²) in [5.41, 5.74) is 3.00. The van der Waals surface area contributed by atoms with Crippen molar-refractivity contribution >= 4 is 29.2 Å². The molecule has 2 atom stereocenters. The number of hydrogen-bond donors (Lipinski definition) is 4. The molecule has 2 aliphatic rings. The second-order valence-corrected chi connectivity index (χ2v) is 9.05. The molecule has 2 heterocycles. The third-order valence-electron chi connectivity index (χ3n) is 3.98. The van der Waals surface area contributed by atoms with Crippen molar-refractivity contribution in [1.29, 1.82) is 5.41 Å². The lowest BCUT2D eigenvalue weighted by molar-refractivity contribution is 0.295. The zero-order valence-electron chi connectivity index (χ0n) is 15.1. The third kappa shape index (κ3) is 6.79. The number of nitrogens with two attached hydrogens (primary N) is 1. The third-order valence-corrected chi connectivity index (χ3v) is 6.65. The van der Waals surface area contributed by atoms with Gasteiger partial charge in [-0.25, -0.2) is 5.90 Å². The SMILES string of the molecule is C=CCC(/C=C\C(C)C)/C=C1/CCSC2=C(CC(CO)S2)C1=N.NO. The van der Waals surface area contributed by atoms with Crippen LogP contribution in [-0.4, -0.2) is 33.6 Å². The summed E-state index contributed by atoms with van der Waals surface area (Å²) >= 11 is 3.60. The molecule has 6 heteroatoms. The van der Waals surface area contributed by atoms with Gasteiger partial charge in [0.05, 0.1) is 12.3 Å². The smallest absolute Gasteiger partial charge is 0.0618 e. The molecule has 0 aliphatic carbocycles. The van der Waals surface area contributed by atoms with Crippen LogP contribution in [0.5, 0.6) is 0 Å². The van der Waals surface area contributed by atoms with E-state index in [1.165, 1.54) is 4.24 Å². The van der Waals surface area contributed by atoms with Crippen LogP contribution in [0, 0.1) is 17.2 Å². The summed E-state index contributed by atoms with van der Waals surface area (Å²) in [6.07, 6.45) is 11.4. The molecule has 0 aromatic carbocycles. The number of allylic oxidation sites excluding steroid dienone is 6. The van der Waals surface area contributed by atoms with Gasteiger partial charge < -0.3 is 15.7 Å². The molecular weight excluding hydrogens is 352 g/mol. The maximum Gasteiger partial charge on any atom is 0.0618 e. The Kier molecular flexibility index (Phi) is 10.5. The largest absolute Gasteiger partial charge is 0.395 e. The summed E-state index contributed by atoms with van der Waals surface area (Å²) in [5.74, 6) is 5.38. The molecule has 0 saturated carbocycles. The maximum absolute atomic E-state index is 9.41. The standard InChI is InChI=1S/C19H27NOS2.H3NO/c1-4-5-14(7-6-13(2)3)10-15-8-9-22-19-17(18(15)20)11-16(12-21)23-19;1-2/h4,6-7,10,13-14,16,20-21H,1,5,8-9,11-12H2,2-3H3;2H,1H2/b7-6-,15-10-,20-18?;. The monoisotopic (exact) mass is 382 g/mol. The van der Waals surface area contributed by atoms with Crippen LogP contribution in [-0.2, 0) is 0 Å². The first-order valence-electron chi connectivity index (χ1n) is 8.53. The van der Waals surface area contributed by atoms with Gasteiger partial charge in [-0.05, 0) is 42.2 Å². The molecule has 5 N–H and O–H groups in total. The van der Waals surface area contributed by atoms with Gasteiger partial charge in [0, 0.05) is 15.2 Å². The molecule has 0 bridgehead atoms. The number of rotatable bonds is 6. The number of aliphatic hydroxyl groups is 1.